The molecule has 0 spiro atoms. The first-order valence-corrected chi connectivity index (χ1v) is 4.23. The molecule has 0 saturated carbocycles. The summed E-state index contributed by atoms with van der Waals surface area (Å²) in [4.78, 5) is 0.442. The van der Waals surface area contributed by atoms with Gasteiger partial charge in [0.1, 0.15) is 0 Å². The Balaban J connectivity index is 2.65. The van der Waals surface area contributed by atoms with Crippen molar-refractivity contribution in [3.05, 3.63) is 41.6 Å². The van der Waals surface area contributed by atoms with E-state index in [9.17, 15) is 5.21 Å². The summed E-state index contributed by atoms with van der Waals surface area (Å²) < 4.78 is 4.53. The van der Waals surface area contributed by atoms with Gasteiger partial charge in [-0.3, -0.25) is 4.63 Å². The summed E-state index contributed by atoms with van der Waals surface area (Å²) in [5.41, 5.74) is 1.07. The van der Waals surface area contributed by atoms with Gasteiger partial charge in [0.15, 0.2) is 0 Å². The summed E-state index contributed by atoms with van der Waals surface area (Å²) in [6, 6.07) is 11.3. The van der Waals surface area contributed by atoms with E-state index in [1.54, 1.807) is 6.07 Å². The first kappa shape index (κ1) is 7.32. The smallest absolute Gasteiger partial charge is 0.249 e. The van der Waals surface area contributed by atoms with Gasteiger partial charge in [0, 0.05) is 10.5 Å². The molecule has 0 saturated heterocycles. The Morgan fingerprint density at radius 2 is 2.00 bits per heavy atom. The van der Waals surface area contributed by atoms with Crippen molar-refractivity contribution in [2.75, 3.05) is 0 Å². The third-order valence-electron chi connectivity index (χ3n) is 2.28. The number of benzene rings is 2. The minimum absolute atomic E-state index is 0.442. The van der Waals surface area contributed by atoms with Crippen molar-refractivity contribution in [1.29, 1.82) is 0 Å². The highest BCUT2D eigenvalue weighted by Crippen LogP contribution is 2.20. The van der Waals surface area contributed by atoms with Crippen molar-refractivity contribution in [3.8, 4) is 0 Å². The third kappa shape index (κ3) is 0.821. The van der Waals surface area contributed by atoms with Crippen molar-refractivity contribution in [2.45, 2.75) is 0 Å². The molecule has 0 unspecified atom stereocenters. The van der Waals surface area contributed by atoms with Crippen LogP contribution in [0.15, 0.2) is 41.0 Å². The van der Waals surface area contributed by atoms with E-state index in [0.717, 1.165) is 10.8 Å². The topological polar surface area (TPSA) is 53.0 Å². The van der Waals surface area contributed by atoms with E-state index in [1.807, 2.05) is 30.3 Å². The van der Waals surface area contributed by atoms with E-state index in [2.05, 4.69) is 9.79 Å². The maximum absolute atomic E-state index is 11.3. The number of nitrogens with zero attached hydrogens (tertiary/aromatic N) is 2. The Kier molecular flexibility index (Phi) is 1.28. The van der Waals surface area contributed by atoms with Crippen LogP contribution in [0.3, 0.4) is 0 Å². The molecular weight excluding hydrogens is 180 g/mol. The summed E-state index contributed by atoms with van der Waals surface area (Å²) in [5.74, 6) is 0. The van der Waals surface area contributed by atoms with Crippen molar-refractivity contribution in [2.24, 2.45) is 0 Å². The van der Waals surface area contributed by atoms with Gasteiger partial charge in [-0.05, 0) is 28.5 Å². The largest absolute Gasteiger partial charge is 0.359 e. The van der Waals surface area contributed by atoms with Crippen LogP contribution in [0.5, 0.6) is 0 Å². The minimum Gasteiger partial charge on any atom is -0.359 e. The predicted octanol–water partition coefficient (Wildman–Crippen LogP) is 1.61. The lowest BCUT2D eigenvalue weighted by Crippen LogP contribution is -2.22. The van der Waals surface area contributed by atoms with Crippen LogP contribution >= 0.6 is 0 Å². The molecule has 3 rings (SSSR count). The highest BCUT2D eigenvalue weighted by molar-refractivity contribution is 6.01. The van der Waals surface area contributed by atoms with Crippen LogP contribution < -0.4 is 4.90 Å². The van der Waals surface area contributed by atoms with Crippen LogP contribution in [0.1, 0.15) is 0 Å². The van der Waals surface area contributed by atoms with Gasteiger partial charge in [-0.2, -0.15) is 0 Å². The molecule has 0 bridgehead atoms. The molecule has 0 atom stereocenters. The molecule has 0 aliphatic heterocycles. The quantitative estimate of drug-likeness (QED) is 0.501. The van der Waals surface area contributed by atoms with Gasteiger partial charge in [0.05, 0.1) is 0 Å². The van der Waals surface area contributed by atoms with Gasteiger partial charge >= 0.3 is 0 Å². The second-order valence-electron chi connectivity index (χ2n) is 3.08. The number of rotatable bonds is 0. The van der Waals surface area contributed by atoms with Crippen molar-refractivity contribution in [3.63, 3.8) is 0 Å². The second kappa shape index (κ2) is 2.45. The summed E-state index contributed by atoms with van der Waals surface area (Å²) in [7, 11) is 0. The molecule has 0 N–H and O–H groups in total. The van der Waals surface area contributed by atoms with Gasteiger partial charge in [-0.15, -0.1) is 0 Å². The molecule has 0 radical (unpaired) electrons. The Morgan fingerprint density at radius 1 is 1.14 bits per heavy atom. The van der Waals surface area contributed by atoms with Crippen LogP contribution in [-0.4, -0.2) is 5.16 Å². The molecule has 2 aromatic carbocycles. The molecule has 0 aliphatic carbocycles. The van der Waals surface area contributed by atoms with Crippen molar-refractivity contribution < 1.29 is 9.53 Å². The normalized spacial score (nSPS) is 11.1. The lowest BCUT2D eigenvalue weighted by molar-refractivity contribution is -0.781. The molecule has 0 aliphatic rings. The van der Waals surface area contributed by atoms with Crippen LogP contribution in [0.25, 0.3) is 21.8 Å². The van der Waals surface area contributed by atoms with Crippen molar-refractivity contribution in [1.82, 2.24) is 5.16 Å². The SMILES string of the molecule is [O-][n+]1onc2ccc3ccccc3c21. The standard InChI is InChI=1S/C10H6N2O2/c13-12-10-8-4-2-1-3-7(8)5-6-9(10)11-14-12/h1-6H. The molecule has 68 valence electrons. The molecule has 4 heteroatoms. The molecule has 1 aromatic heterocycles. The van der Waals surface area contributed by atoms with E-state index in [1.165, 1.54) is 0 Å². The first-order chi connectivity index (χ1) is 6.86. The zero-order valence-electron chi connectivity index (χ0n) is 7.18. The summed E-state index contributed by atoms with van der Waals surface area (Å²) in [6.45, 7) is 0. The average molecular weight is 186 g/mol. The number of hydrogen-bond acceptors (Lipinski definition) is 3. The number of hydrogen-bond donors (Lipinski definition) is 0. The van der Waals surface area contributed by atoms with Crippen molar-refractivity contribution >= 4 is 21.8 Å². The molecule has 4 nitrogen and oxygen atoms in total. The third-order valence-corrected chi connectivity index (χ3v) is 2.28. The Bertz CT molecular complexity index is 616. The van der Waals surface area contributed by atoms with E-state index in [4.69, 9.17) is 0 Å². The van der Waals surface area contributed by atoms with Gasteiger partial charge < -0.3 is 5.21 Å². The van der Waals surface area contributed by atoms with E-state index < -0.39 is 0 Å². The molecule has 14 heavy (non-hydrogen) atoms. The Morgan fingerprint density at radius 3 is 2.93 bits per heavy atom. The predicted molar refractivity (Wildman–Crippen MR) is 50.5 cm³/mol. The van der Waals surface area contributed by atoms with Gasteiger partial charge in [-0.1, -0.05) is 18.2 Å². The molecule has 3 aromatic rings. The Hall–Kier alpha value is -2.10. The maximum Gasteiger partial charge on any atom is 0.249 e. The van der Waals surface area contributed by atoms with E-state index in [-0.39, 0.29) is 0 Å². The molecule has 0 fully saturated rings. The fourth-order valence-electron chi connectivity index (χ4n) is 1.63. The Labute approximate surface area is 78.9 Å². The lowest BCUT2D eigenvalue weighted by atomic mass is 10.1. The summed E-state index contributed by atoms with van der Waals surface area (Å²) in [5, 5.41) is 16.8. The summed E-state index contributed by atoms with van der Waals surface area (Å²) in [6.07, 6.45) is 0. The van der Waals surface area contributed by atoms with Gasteiger partial charge in [0.25, 0.3) is 0 Å². The molecule has 1 heterocycles. The fourth-order valence-corrected chi connectivity index (χ4v) is 1.63. The van der Waals surface area contributed by atoms with Crippen LogP contribution in [-0.2, 0) is 0 Å². The van der Waals surface area contributed by atoms with Gasteiger partial charge in [-0.25, -0.2) is 0 Å². The van der Waals surface area contributed by atoms with Gasteiger partial charge in [0.2, 0.25) is 11.0 Å². The van der Waals surface area contributed by atoms with Crippen LogP contribution in [0, 0.1) is 5.21 Å². The van der Waals surface area contributed by atoms with Crippen LogP contribution in [0.2, 0.25) is 0 Å². The monoisotopic (exact) mass is 186 g/mol. The average Bonchev–Trinajstić information content (AvgIpc) is 2.61. The van der Waals surface area contributed by atoms with Crippen LogP contribution in [0.4, 0.5) is 0 Å². The number of aromatic nitrogens is 2. The highest BCUT2D eigenvalue weighted by atomic mass is 16.8. The summed E-state index contributed by atoms with van der Waals surface area (Å²) >= 11 is 0. The fraction of sp³-hybridized carbons (Fsp3) is 0. The zero-order valence-corrected chi connectivity index (χ0v) is 7.18. The van der Waals surface area contributed by atoms with E-state index in [0.29, 0.717) is 15.9 Å². The molecular formula is C10H6N2O2. The highest BCUT2D eigenvalue weighted by Gasteiger charge is 2.11. The molecule has 0 amide bonds. The lowest BCUT2D eigenvalue weighted by Gasteiger charge is -1.94. The second-order valence-corrected chi connectivity index (χ2v) is 3.08. The van der Waals surface area contributed by atoms with E-state index >= 15 is 0 Å². The minimum atomic E-state index is 0.442. The maximum atomic E-state index is 11.3. The zero-order chi connectivity index (χ0) is 9.54. The first-order valence-electron chi connectivity index (χ1n) is 4.23. The number of fused-ring (bicyclic) bond motifs is 3.